The zero-order chi connectivity index (χ0) is 14.8. The molecule has 112 valence electrons. The van der Waals surface area contributed by atoms with Crippen LogP contribution in [0.15, 0.2) is 17.0 Å². The van der Waals surface area contributed by atoms with Crippen molar-refractivity contribution in [3.63, 3.8) is 0 Å². The topological polar surface area (TPSA) is 95.1 Å². The van der Waals surface area contributed by atoms with Gasteiger partial charge in [0.05, 0.1) is 18.4 Å². The number of hydrogen-bond donors (Lipinski definition) is 1. The summed E-state index contributed by atoms with van der Waals surface area (Å²) in [6, 6.07) is -0.0474. The number of hydrogen-bond acceptors (Lipinski definition) is 6. The van der Waals surface area contributed by atoms with E-state index in [2.05, 4.69) is 25.4 Å². The number of aryl methyl sites for hydroxylation is 2. The number of nitrogens with zero attached hydrogens (tertiary/aromatic N) is 4. The summed E-state index contributed by atoms with van der Waals surface area (Å²) in [5.74, 6) is 0.434. The third kappa shape index (κ3) is 2.88. The molecule has 2 aromatic rings. The predicted molar refractivity (Wildman–Crippen MR) is 71.8 cm³/mol. The molecule has 2 atom stereocenters. The highest BCUT2D eigenvalue weighted by molar-refractivity contribution is 5.93. The second-order valence-corrected chi connectivity index (χ2v) is 5.22. The van der Waals surface area contributed by atoms with E-state index in [1.165, 1.54) is 0 Å². The van der Waals surface area contributed by atoms with Crippen LogP contribution in [0.4, 0.5) is 0 Å². The Morgan fingerprint density at radius 1 is 1.48 bits per heavy atom. The molecule has 0 unspecified atom stereocenters. The Morgan fingerprint density at radius 3 is 3.00 bits per heavy atom. The van der Waals surface area contributed by atoms with Gasteiger partial charge in [-0.2, -0.15) is 5.10 Å². The molecule has 1 aliphatic rings. The zero-order valence-corrected chi connectivity index (χ0v) is 11.9. The molecule has 0 spiro atoms. The summed E-state index contributed by atoms with van der Waals surface area (Å²) in [5.41, 5.74) is 0.706. The Hall–Kier alpha value is -2.38. The highest BCUT2D eigenvalue weighted by Crippen LogP contribution is 2.24. The van der Waals surface area contributed by atoms with Crippen LogP contribution in [0.5, 0.6) is 5.75 Å². The number of nitrogens with one attached hydrogen (secondary N) is 1. The van der Waals surface area contributed by atoms with Crippen LogP contribution < -0.4 is 10.1 Å². The minimum atomic E-state index is -0.277. The molecule has 0 aromatic carbocycles. The monoisotopic (exact) mass is 291 g/mol. The van der Waals surface area contributed by atoms with Crippen molar-refractivity contribution in [3.8, 4) is 5.75 Å². The van der Waals surface area contributed by atoms with Crippen molar-refractivity contribution in [2.75, 3.05) is 0 Å². The zero-order valence-electron chi connectivity index (χ0n) is 11.9. The maximum Gasteiger partial charge on any atom is 0.275 e. The first-order chi connectivity index (χ1) is 10.1. The third-order valence-corrected chi connectivity index (χ3v) is 3.61. The van der Waals surface area contributed by atoms with Crippen molar-refractivity contribution in [2.45, 2.75) is 38.3 Å². The third-order valence-electron chi connectivity index (χ3n) is 3.61. The van der Waals surface area contributed by atoms with Gasteiger partial charge in [0.25, 0.3) is 5.91 Å². The Kier molecular flexibility index (Phi) is 3.59. The van der Waals surface area contributed by atoms with E-state index in [0.29, 0.717) is 11.4 Å². The Labute approximate surface area is 121 Å². The van der Waals surface area contributed by atoms with Crippen molar-refractivity contribution < 1.29 is 14.2 Å². The first-order valence-corrected chi connectivity index (χ1v) is 6.89. The Balaban J connectivity index is 1.64. The fourth-order valence-electron chi connectivity index (χ4n) is 2.54. The van der Waals surface area contributed by atoms with Crippen molar-refractivity contribution in [3.05, 3.63) is 23.8 Å². The molecule has 3 rings (SSSR count). The van der Waals surface area contributed by atoms with E-state index in [9.17, 15) is 4.79 Å². The summed E-state index contributed by atoms with van der Waals surface area (Å²) >= 11 is 0. The first-order valence-electron chi connectivity index (χ1n) is 6.89. The molecule has 8 nitrogen and oxygen atoms in total. The first kappa shape index (κ1) is 13.6. The molecular formula is C13H17N5O3. The van der Waals surface area contributed by atoms with E-state index in [0.717, 1.165) is 19.3 Å². The number of carbonyl (C=O) groups excluding carboxylic acids is 1. The molecule has 0 saturated heterocycles. The lowest BCUT2D eigenvalue weighted by molar-refractivity contribution is 0.0883. The van der Waals surface area contributed by atoms with Gasteiger partial charge in [0.2, 0.25) is 0 Å². The molecule has 0 bridgehead atoms. The summed E-state index contributed by atoms with van der Waals surface area (Å²) in [6.07, 6.45) is 6.20. The van der Waals surface area contributed by atoms with Gasteiger partial charge in [0.15, 0.2) is 11.4 Å². The summed E-state index contributed by atoms with van der Waals surface area (Å²) in [5, 5.41) is 14.2. The lowest BCUT2D eigenvalue weighted by atomic mass is 10.2. The molecule has 2 heterocycles. The van der Waals surface area contributed by atoms with Crippen LogP contribution in [0.3, 0.4) is 0 Å². The fourth-order valence-corrected chi connectivity index (χ4v) is 2.54. The molecular weight excluding hydrogens is 274 g/mol. The molecule has 1 aliphatic carbocycles. The van der Waals surface area contributed by atoms with Gasteiger partial charge >= 0.3 is 0 Å². The summed E-state index contributed by atoms with van der Waals surface area (Å²) < 4.78 is 12.1. The van der Waals surface area contributed by atoms with Crippen LogP contribution in [-0.4, -0.2) is 38.1 Å². The Bertz CT molecular complexity index is 635. The second-order valence-electron chi connectivity index (χ2n) is 5.22. The predicted octanol–water partition coefficient (Wildman–Crippen LogP) is 0.841. The molecule has 1 N–H and O–H groups in total. The standard InChI is InChI=1S/C13H17N5O3/c1-8-12(17-21-16-8)13(19)15-10-4-3-5-11(10)20-9-6-14-18(2)7-9/h6-7,10-11H,3-5H2,1-2H3,(H,15,19)/t10-,11+/m0/s1. The van der Waals surface area contributed by atoms with Gasteiger partial charge < -0.3 is 10.1 Å². The summed E-state index contributed by atoms with van der Waals surface area (Å²) in [4.78, 5) is 12.1. The molecule has 1 amide bonds. The number of ether oxygens (including phenoxy) is 1. The molecule has 21 heavy (non-hydrogen) atoms. The molecule has 0 radical (unpaired) electrons. The smallest absolute Gasteiger partial charge is 0.275 e. The number of rotatable bonds is 4. The quantitative estimate of drug-likeness (QED) is 0.897. The van der Waals surface area contributed by atoms with Crippen LogP contribution >= 0.6 is 0 Å². The van der Waals surface area contributed by atoms with E-state index in [4.69, 9.17) is 4.74 Å². The van der Waals surface area contributed by atoms with Crippen LogP contribution in [0, 0.1) is 6.92 Å². The maximum absolute atomic E-state index is 12.1. The van der Waals surface area contributed by atoms with Crippen molar-refractivity contribution >= 4 is 5.91 Å². The average molecular weight is 291 g/mol. The minimum Gasteiger partial charge on any atom is -0.485 e. The van der Waals surface area contributed by atoms with Gasteiger partial charge in [0.1, 0.15) is 11.8 Å². The molecule has 0 aliphatic heterocycles. The van der Waals surface area contributed by atoms with E-state index in [-0.39, 0.29) is 23.7 Å². The summed E-state index contributed by atoms with van der Waals surface area (Å²) in [6.45, 7) is 1.68. The van der Waals surface area contributed by atoms with Crippen molar-refractivity contribution in [1.29, 1.82) is 0 Å². The van der Waals surface area contributed by atoms with Gasteiger partial charge in [-0.15, -0.1) is 0 Å². The molecule has 1 fully saturated rings. The van der Waals surface area contributed by atoms with E-state index in [1.807, 2.05) is 13.2 Å². The van der Waals surface area contributed by atoms with Gasteiger partial charge in [-0.05, 0) is 31.3 Å². The lowest BCUT2D eigenvalue weighted by Gasteiger charge is -2.21. The van der Waals surface area contributed by atoms with Crippen LogP contribution in [0.1, 0.15) is 35.4 Å². The second kappa shape index (κ2) is 5.55. The van der Waals surface area contributed by atoms with Crippen LogP contribution in [0.25, 0.3) is 0 Å². The number of carbonyl (C=O) groups is 1. The van der Waals surface area contributed by atoms with Crippen LogP contribution in [-0.2, 0) is 7.05 Å². The SMILES string of the molecule is Cc1nonc1C(=O)N[C@H]1CCC[C@H]1Oc1cnn(C)c1. The average Bonchev–Trinajstić information content (AvgIpc) is 3.14. The maximum atomic E-state index is 12.1. The van der Waals surface area contributed by atoms with Crippen molar-refractivity contribution in [1.82, 2.24) is 25.4 Å². The minimum absolute atomic E-state index is 0.0474. The van der Waals surface area contributed by atoms with Crippen LogP contribution in [0.2, 0.25) is 0 Å². The highest BCUT2D eigenvalue weighted by atomic mass is 16.6. The lowest BCUT2D eigenvalue weighted by Crippen LogP contribution is -2.42. The molecule has 1 saturated carbocycles. The van der Waals surface area contributed by atoms with Gasteiger partial charge in [-0.25, -0.2) is 4.63 Å². The van der Waals surface area contributed by atoms with Crippen molar-refractivity contribution in [2.24, 2.45) is 7.05 Å². The van der Waals surface area contributed by atoms with E-state index < -0.39 is 0 Å². The van der Waals surface area contributed by atoms with Gasteiger partial charge in [-0.1, -0.05) is 5.16 Å². The van der Waals surface area contributed by atoms with Gasteiger partial charge in [-0.3, -0.25) is 9.48 Å². The normalized spacial score (nSPS) is 21.4. The molecule has 2 aromatic heterocycles. The Morgan fingerprint density at radius 2 is 2.33 bits per heavy atom. The largest absolute Gasteiger partial charge is 0.485 e. The van der Waals surface area contributed by atoms with E-state index >= 15 is 0 Å². The number of aromatic nitrogens is 4. The highest BCUT2D eigenvalue weighted by Gasteiger charge is 2.32. The van der Waals surface area contributed by atoms with E-state index in [1.54, 1.807) is 17.8 Å². The molecule has 8 heteroatoms. The fraction of sp³-hybridized carbons (Fsp3) is 0.538. The number of amides is 1. The summed E-state index contributed by atoms with van der Waals surface area (Å²) in [7, 11) is 1.83. The van der Waals surface area contributed by atoms with Gasteiger partial charge in [0, 0.05) is 7.05 Å².